The van der Waals surface area contributed by atoms with Crippen molar-refractivity contribution < 1.29 is 22.7 Å². The fourth-order valence-corrected chi connectivity index (χ4v) is 4.72. The highest BCUT2D eigenvalue weighted by Crippen LogP contribution is 2.30. The van der Waals surface area contributed by atoms with Crippen LogP contribution in [0.5, 0.6) is 0 Å². The minimum absolute atomic E-state index is 0.0265. The smallest absolute Gasteiger partial charge is 0.375 e. The van der Waals surface area contributed by atoms with Gasteiger partial charge in [0.05, 0.1) is 24.8 Å². The molecule has 0 saturated carbocycles. The second kappa shape index (κ2) is 12.4. The molecule has 4 rings (SSSR count). The molecule has 0 spiro atoms. The van der Waals surface area contributed by atoms with Gasteiger partial charge >= 0.3 is 6.18 Å². The highest BCUT2D eigenvalue weighted by Gasteiger charge is 2.31. The molecule has 1 saturated heterocycles. The number of ether oxygens (including phenoxy) is 1. The molecule has 1 fully saturated rings. The second-order valence-corrected chi connectivity index (χ2v) is 9.52. The van der Waals surface area contributed by atoms with Crippen molar-refractivity contribution in [1.29, 1.82) is 0 Å². The minimum Gasteiger partial charge on any atom is -0.375 e. The summed E-state index contributed by atoms with van der Waals surface area (Å²) in [7, 11) is 0. The van der Waals surface area contributed by atoms with Gasteiger partial charge in [-0.15, -0.1) is 0 Å². The molecule has 0 unspecified atom stereocenters. The molecule has 198 valence electrons. The first-order chi connectivity index (χ1) is 17.8. The summed E-state index contributed by atoms with van der Waals surface area (Å²) in [5.41, 5.74) is 1.96. The van der Waals surface area contributed by atoms with Crippen LogP contribution in [0.4, 0.5) is 13.2 Å². The number of aromatic nitrogens is 1. The summed E-state index contributed by atoms with van der Waals surface area (Å²) >= 11 is 0. The maximum Gasteiger partial charge on any atom is 0.416 e. The summed E-state index contributed by atoms with van der Waals surface area (Å²) in [5, 5.41) is 3.32. The van der Waals surface area contributed by atoms with Crippen LogP contribution in [0.2, 0.25) is 0 Å². The van der Waals surface area contributed by atoms with Gasteiger partial charge in [-0.2, -0.15) is 13.2 Å². The zero-order valence-corrected chi connectivity index (χ0v) is 21.1. The summed E-state index contributed by atoms with van der Waals surface area (Å²) in [4.78, 5) is 15.6. The van der Waals surface area contributed by atoms with Crippen LogP contribution in [0.15, 0.2) is 73.1 Å². The number of carbonyl (C=O) groups excluding carboxylic acids is 1. The Kier molecular flexibility index (Phi) is 9.05. The summed E-state index contributed by atoms with van der Waals surface area (Å²) in [6, 6.07) is 16.9. The molecule has 1 aliphatic rings. The zero-order chi connectivity index (χ0) is 26.3. The minimum atomic E-state index is -4.37. The third kappa shape index (κ3) is 7.23. The van der Waals surface area contributed by atoms with Gasteiger partial charge in [0.2, 0.25) is 5.91 Å². The molecule has 1 amide bonds. The topological polar surface area (TPSA) is 46.5 Å². The maximum absolute atomic E-state index is 13.7. The molecule has 2 aromatic carbocycles. The fraction of sp³-hybridized carbons (Fsp3) is 0.414. The lowest BCUT2D eigenvalue weighted by Gasteiger charge is -2.35. The Morgan fingerprint density at radius 3 is 2.41 bits per heavy atom. The Hall–Kier alpha value is -3.10. The number of hydrogen-bond donors (Lipinski definition) is 1. The second-order valence-electron chi connectivity index (χ2n) is 9.52. The van der Waals surface area contributed by atoms with E-state index in [1.807, 2.05) is 53.7 Å². The van der Waals surface area contributed by atoms with Crippen LogP contribution >= 0.6 is 0 Å². The number of benzene rings is 2. The van der Waals surface area contributed by atoms with Gasteiger partial charge in [-0.25, -0.2) is 0 Å². The Labute approximate surface area is 216 Å². The number of carbonyl (C=O) groups is 1. The number of hydrogen-bond acceptors (Lipinski definition) is 3. The number of halogens is 3. The van der Waals surface area contributed by atoms with Crippen molar-refractivity contribution in [1.82, 2.24) is 14.8 Å². The molecular formula is C29H34F3N3O2. The van der Waals surface area contributed by atoms with Gasteiger partial charge in [-0.1, -0.05) is 37.3 Å². The van der Waals surface area contributed by atoms with Gasteiger partial charge in [0.15, 0.2) is 0 Å². The fourth-order valence-electron chi connectivity index (χ4n) is 4.72. The van der Waals surface area contributed by atoms with Crippen molar-refractivity contribution in [3.63, 3.8) is 0 Å². The van der Waals surface area contributed by atoms with Crippen molar-refractivity contribution >= 4 is 5.91 Å². The molecule has 1 N–H and O–H groups in total. The molecule has 1 atom stereocenters. The van der Waals surface area contributed by atoms with E-state index in [2.05, 4.69) is 12.2 Å². The molecule has 0 aliphatic carbocycles. The van der Waals surface area contributed by atoms with Gasteiger partial charge in [0.1, 0.15) is 0 Å². The Bertz CT molecular complexity index is 1120. The molecule has 1 aromatic heterocycles. The van der Waals surface area contributed by atoms with E-state index in [-0.39, 0.29) is 17.9 Å². The molecule has 5 nitrogen and oxygen atoms in total. The summed E-state index contributed by atoms with van der Waals surface area (Å²) in [6.45, 7) is 5.06. The first kappa shape index (κ1) is 26.9. The van der Waals surface area contributed by atoms with Crippen LogP contribution in [0, 0.1) is 5.92 Å². The van der Waals surface area contributed by atoms with E-state index in [0.29, 0.717) is 25.4 Å². The molecule has 0 bridgehead atoms. The van der Waals surface area contributed by atoms with Crippen molar-refractivity contribution in [2.24, 2.45) is 5.92 Å². The van der Waals surface area contributed by atoms with Gasteiger partial charge in [-0.3, -0.25) is 4.79 Å². The average Bonchev–Trinajstić information content (AvgIpc) is 3.39. The first-order valence-electron chi connectivity index (χ1n) is 12.8. The monoisotopic (exact) mass is 513 g/mol. The SMILES string of the molecule is CC[C@@H](COCc1ccccc1)N(Cc1ccn(-c2ccc(C(F)(F)F)cc2)c1)C(=O)C1CCNCC1. The van der Waals surface area contributed by atoms with Crippen molar-refractivity contribution in [3.8, 4) is 5.69 Å². The highest BCUT2D eigenvalue weighted by atomic mass is 19.4. The predicted octanol–water partition coefficient (Wildman–Crippen LogP) is 5.82. The van der Waals surface area contributed by atoms with Crippen LogP contribution in [0.25, 0.3) is 5.69 Å². The normalized spacial score (nSPS) is 15.5. The van der Waals surface area contributed by atoms with E-state index in [1.165, 1.54) is 12.1 Å². The Balaban J connectivity index is 1.49. The van der Waals surface area contributed by atoms with Crippen LogP contribution in [0.1, 0.15) is 42.9 Å². The average molecular weight is 514 g/mol. The largest absolute Gasteiger partial charge is 0.416 e. The number of nitrogens with zero attached hydrogens (tertiary/aromatic N) is 2. The van der Waals surface area contributed by atoms with E-state index >= 15 is 0 Å². The van der Waals surface area contributed by atoms with Crippen LogP contribution in [-0.2, 0) is 28.9 Å². The lowest BCUT2D eigenvalue weighted by atomic mass is 9.95. The van der Waals surface area contributed by atoms with Gasteiger partial charge in [0, 0.05) is 30.5 Å². The van der Waals surface area contributed by atoms with Gasteiger partial charge < -0.3 is 19.5 Å². The molecule has 0 radical (unpaired) electrons. The van der Waals surface area contributed by atoms with Crippen molar-refractivity contribution in [3.05, 3.63) is 89.7 Å². The number of piperidine rings is 1. The summed E-state index contributed by atoms with van der Waals surface area (Å²) < 4.78 is 46.6. The molecule has 3 aromatic rings. The number of alkyl halides is 3. The quantitative estimate of drug-likeness (QED) is 0.372. The lowest BCUT2D eigenvalue weighted by Crippen LogP contribution is -2.47. The molecule has 37 heavy (non-hydrogen) atoms. The van der Waals surface area contributed by atoms with Crippen molar-refractivity contribution in [2.75, 3.05) is 19.7 Å². The molecule has 1 aliphatic heterocycles. The van der Waals surface area contributed by atoms with E-state index in [1.54, 1.807) is 4.57 Å². The van der Waals surface area contributed by atoms with E-state index in [4.69, 9.17) is 4.74 Å². The van der Waals surface area contributed by atoms with Gasteiger partial charge in [-0.05, 0) is 73.8 Å². The number of amides is 1. The molecule has 8 heteroatoms. The summed E-state index contributed by atoms with van der Waals surface area (Å²) in [6.07, 6.45) is 1.70. The van der Waals surface area contributed by atoms with E-state index in [0.717, 1.165) is 55.6 Å². The predicted molar refractivity (Wildman–Crippen MR) is 137 cm³/mol. The zero-order valence-electron chi connectivity index (χ0n) is 21.1. The maximum atomic E-state index is 13.7. The van der Waals surface area contributed by atoms with E-state index < -0.39 is 11.7 Å². The highest BCUT2D eigenvalue weighted by molar-refractivity contribution is 5.79. The number of rotatable bonds is 10. The van der Waals surface area contributed by atoms with E-state index in [9.17, 15) is 18.0 Å². The molecular weight excluding hydrogens is 479 g/mol. The van der Waals surface area contributed by atoms with Crippen LogP contribution in [-0.4, -0.2) is 41.1 Å². The lowest BCUT2D eigenvalue weighted by molar-refractivity contribution is -0.141. The van der Waals surface area contributed by atoms with Crippen molar-refractivity contribution in [2.45, 2.75) is 51.6 Å². The Morgan fingerprint density at radius 2 is 1.76 bits per heavy atom. The molecule has 2 heterocycles. The third-order valence-corrected chi connectivity index (χ3v) is 6.91. The Morgan fingerprint density at radius 1 is 1.05 bits per heavy atom. The third-order valence-electron chi connectivity index (χ3n) is 6.91. The van der Waals surface area contributed by atoms with Crippen LogP contribution in [0.3, 0.4) is 0 Å². The first-order valence-corrected chi connectivity index (χ1v) is 12.8. The standard InChI is InChI=1S/C29H34F3N3O2/c1-2-26(21-37-20-22-6-4-3-5-7-22)35(28(36)24-12-15-33-16-13-24)19-23-14-17-34(18-23)27-10-8-25(9-11-27)29(30,31)32/h3-11,14,17-18,24,26,33H,2,12-13,15-16,19-21H2,1H3/t26-/m0/s1. The summed E-state index contributed by atoms with van der Waals surface area (Å²) in [5.74, 6) is 0.111. The van der Waals surface area contributed by atoms with Gasteiger partial charge in [0.25, 0.3) is 0 Å². The number of nitrogens with one attached hydrogen (secondary N) is 1. The van der Waals surface area contributed by atoms with Crippen LogP contribution < -0.4 is 5.32 Å².